The molecule has 0 aliphatic carbocycles. The SMILES string of the molecule is CCOc1ccc(Cc2cc([C@@H]3O[C@H](SC)[C@@H](OC(C)=O)[C@H](OC(C)=O)[C@H]3OC(C)=O)ccc2CC)cc1. The zero-order valence-corrected chi connectivity index (χ0v) is 23.5. The quantitative estimate of drug-likeness (QED) is 0.309. The summed E-state index contributed by atoms with van der Waals surface area (Å²) >= 11 is 1.32. The van der Waals surface area contributed by atoms with Crippen molar-refractivity contribution >= 4 is 29.7 Å². The third-order valence-electron chi connectivity index (χ3n) is 6.20. The normalized spacial score (nSPS) is 22.8. The Morgan fingerprint density at radius 2 is 1.42 bits per heavy atom. The maximum Gasteiger partial charge on any atom is 0.303 e. The summed E-state index contributed by atoms with van der Waals surface area (Å²) in [6.45, 7) is 8.47. The lowest BCUT2D eigenvalue weighted by Gasteiger charge is -2.44. The van der Waals surface area contributed by atoms with Crippen LogP contribution in [0.5, 0.6) is 5.75 Å². The van der Waals surface area contributed by atoms with Crippen LogP contribution in [0.1, 0.15) is 63.0 Å². The van der Waals surface area contributed by atoms with E-state index in [9.17, 15) is 14.4 Å². The van der Waals surface area contributed by atoms with Gasteiger partial charge in [0.1, 0.15) is 17.3 Å². The second-order valence-corrected chi connectivity index (χ2v) is 9.95. The van der Waals surface area contributed by atoms with Crippen molar-refractivity contribution in [1.82, 2.24) is 0 Å². The maximum absolute atomic E-state index is 12.1. The average molecular weight is 545 g/mol. The molecule has 1 heterocycles. The Kier molecular flexibility index (Phi) is 10.6. The fourth-order valence-corrected chi connectivity index (χ4v) is 5.36. The van der Waals surface area contributed by atoms with E-state index in [1.54, 1.807) is 0 Å². The zero-order chi connectivity index (χ0) is 27.8. The van der Waals surface area contributed by atoms with Crippen LogP contribution in [0.4, 0.5) is 0 Å². The first-order chi connectivity index (χ1) is 18.2. The largest absolute Gasteiger partial charge is 0.494 e. The Morgan fingerprint density at radius 1 is 0.816 bits per heavy atom. The minimum absolute atomic E-state index is 0.556. The number of hydrogen-bond acceptors (Lipinski definition) is 9. The van der Waals surface area contributed by atoms with Gasteiger partial charge in [-0.05, 0) is 60.4 Å². The predicted molar refractivity (Wildman–Crippen MR) is 144 cm³/mol. The van der Waals surface area contributed by atoms with Crippen molar-refractivity contribution in [2.75, 3.05) is 12.9 Å². The monoisotopic (exact) mass is 544 g/mol. The Labute approximate surface area is 228 Å². The predicted octanol–water partition coefficient (Wildman–Crippen LogP) is 4.79. The molecule has 0 N–H and O–H groups in total. The first-order valence-corrected chi connectivity index (χ1v) is 14.0. The van der Waals surface area contributed by atoms with Crippen LogP contribution in [0.15, 0.2) is 42.5 Å². The Bertz CT molecular complexity index is 1120. The van der Waals surface area contributed by atoms with Crippen molar-refractivity contribution in [3.63, 3.8) is 0 Å². The lowest BCUT2D eigenvalue weighted by molar-refractivity contribution is -0.233. The lowest BCUT2D eigenvalue weighted by atomic mass is 9.89. The summed E-state index contributed by atoms with van der Waals surface area (Å²) in [6, 6.07) is 14.0. The number of carbonyl (C=O) groups is 3. The fourth-order valence-electron chi connectivity index (χ4n) is 4.65. The number of thioether (sulfide) groups is 1. The third kappa shape index (κ3) is 7.51. The van der Waals surface area contributed by atoms with Crippen LogP contribution in [0.25, 0.3) is 0 Å². The highest BCUT2D eigenvalue weighted by Gasteiger charge is 2.52. The topological polar surface area (TPSA) is 97.4 Å². The molecule has 1 aliphatic rings. The molecule has 206 valence electrons. The number of esters is 3. The van der Waals surface area contributed by atoms with E-state index in [0.717, 1.165) is 28.9 Å². The number of aryl methyl sites for hydroxylation is 1. The summed E-state index contributed by atoms with van der Waals surface area (Å²) in [5.41, 5.74) is 3.52. The number of ether oxygens (including phenoxy) is 5. The lowest BCUT2D eigenvalue weighted by Crippen LogP contribution is -2.57. The molecule has 2 aromatic carbocycles. The number of hydrogen-bond donors (Lipinski definition) is 0. The molecule has 1 saturated heterocycles. The van der Waals surface area contributed by atoms with Crippen LogP contribution >= 0.6 is 11.8 Å². The van der Waals surface area contributed by atoms with Gasteiger partial charge in [0.15, 0.2) is 18.3 Å². The van der Waals surface area contributed by atoms with Crippen LogP contribution in [0, 0.1) is 0 Å². The van der Waals surface area contributed by atoms with E-state index in [2.05, 4.69) is 6.92 Å². The molecule has 2 aromatic rings. The smallest absolute Gasteiger partial charge is 0.303 e. The highest BCUT2D eigenvalue weighted by molar-refractivity contribution is 7.99. The minimum Gasteiger partial charge on any atom is -0.494 e. The van der Waals surface area contributed by atoms with Crippen molar-refractivity contribution in [1.29, 1.82) is 0 Å². The molecule has 0 radical (unpaired) electrons. The molecule has 5 atom stereocenters. The molecule has 1 aliphatic heterocycles. The van der Waals surface area contributed by atoms with Gasteiger partial charge in [-0.25, -0.2) is 0 Å². The van der Waals surface area contributed by atoms with Gasteiger partial charge in [0.05, 0.1) is 6.61 Å². The van der Waals surface area contributed by atoms with Gasteiger partial charge < -0.3 is 23.7 Å². The second-order valence-electron chi connectivity index (χ2n) is 9.02. The molecule has 38 heavy (non-hydrogen) atoms. The third-order valence-corrected chi connectivity index (χ3v) is 7.05. The number of carbonyl (C=O) groups excluding carboxylic acids is 3. The highest BCUT2D eigenvalue weighted by atomic mass is 32.2. The van der Waals surface area contributed by atoms with Gasteiger partial charge in [-0.3, -0.25) is 14.4 Å². The Morgan fingerprint density at radius 3 is 1.97 bits per heavy atom. The first-order valence-electron chi connectivity index (χ1n) is 12.7. The molecule has 0 unspecified atom stereocenters. The summed E-state index contributed by atoms with van der Waals surface area (Å²) in [4.78, 5) is 36.1. The summed E-state index contributed by atoms with van der Waals surface area (Å²) < 4.78 is 28.7. The molecule has 0 saturated carbocycles. The summed E-state index contributed by atoms with van der Waals surface area (Å²) in [6.07, 6.45) is -0.435. The van der Waals surface area contributed by atoms with Gasteiger partial charge in [-0.15, -0.1) is 11.8 Å². The van der Waals surface area contributed by atoms with Crippen LogP contribution in [0.2, 0.25) is 0 Å². The van der Waals surface area contributed by atoms with Crippen molar-refractivity contribution < 1.29 is 38.1 Å². The van der Waals surface area contributed by atoms with E-state index in [4.69, 9.17) is 23.7 Å². The summed E-state index contributed by atoms with van der Waals surface area (Å²) in [5.74, 6) is -0.880. The molecule has 8 nitrogen and oxygen atoms in total. The van der Waals surface area contributed by atoms with Gasteiger partial charge in [0.25, 0.3) is 0 Å². The molecule has 0 aromatic heterocycles. The van der Waals surface area contributed by atoms with Gasteiger partial charge in [0.2, 0.25) is 0 Å². The molecular formula is C29H36O8S. The minimum atomic E-state index is -1.04. The molecule has 1 fully saturated rings. The number of rotatable bonds is 10. The fraction of sp³-hybridized carbons (Fsp3) is 0.483. The van der Waals surface area contributed by atoms with Gasteiger partial charge in [0, 0.05) is 20.8 Å². The molecule has 0 bridgehead atoms. The first kappa shape index (κ1) is 29.5. The standard InChI is InChI=1S/C29H36O8S/c1-7-21-11-12-22(16-23(21)15-20-9-13-24(14-10-20)33-8-2)25-26(34-17(3)30)27(35-18(4)31)28(36-19(5)32)29(37-25)38-6/h9-14,16,25-29H,7-8,15H2,1-6H3/t25-,26-,27+,28-,29+/m0/s1. The number of benzene rings is 2. The summed E-state index contributed by atoms with van der Waals surface area (Å²) in [7, 11) is 0. The summed E-state index contributed by atoms with van der Waals surface area (Å²) in [5, 5.41) is 0. The molecular weight excluding hydrogens is 508 g/mol. The van der Waals surface area contributed by atoms with Crippen molar-refractivity contribution in [2.45, 2.75) is 77.3 Å². The van der Waals surface area contributed by atoms with E-state index in [0.29, 0.717) is 13.0 Å². The second kappa shape index (κ2) is 13.7. The molecule has 3 rings (SSSR count). The van der Waals surface area contributed by atoms with Crippen molar-refractivity contribution in [3.05, 3.63) is 64.7 Å². The van der Waals surface area contributed by atoms with E-state index in [1.165, 1.54) is 38.1 Å². The van der Waals surface area contributed by atoms with Crippen LogP contribution in [0.3, 0.4) is 0 Å². The van der Waals surface area contributed by atoms with E-state index in [1.807, 2.05) is 55.6 Å². The molecule has 0 amide bonds. The van der Waals surface area contributed by atoms with Crippen LogP contribution < -0.4 is 4.74 Å². The van der Waals surface area contributed by atoms with E-state index >= 15 is 0 Å². The molecule has 0 spiro atoms. The van der Waals surface area contributed by atoms with Crippen molar-refractivity contribution in [2.24, 2.45) is 0 Å². The van der Waals surface area contributed by atoms with Gasteiger partial charge in [-0.1, -0.05) is 37.3 Å². The zero-order valence-electron chi connectivity index (χ0n) is 22.7. The van der Waals surface area contributed by atoms with Gasteiger partial charge >= 0.3 is 17.9 Å². The highest BCUT2D eigenvalue weighted by Crippen LogP contribution is 2.41. The van der Waals surface area contributed by atoms with Crippen LogP contribution in [-0.4, -0.2) is 54.5 Å². The Balaban J connectivity index is 2.02. The van der Waals surface area contributed by atoms with E-state index in [-0.39, 0.29) is 0 Å². The van der Waals surface area contributed by atoms with Crippen molar-refractivity contribution in [3.8, 4) is 5.75 Å². The van der Waals surface area contributed by atoms with Gasteiger partial charge in [-0.2, -0.15) is 0 Å². The average Bonchev–Trinajstić information content (AvgIpc) is 2.86. The van der Waals surface area contributed by atoms with E-state index < -0.39 is 47.8 Å². The Hall–Kier alpha value is -3.04. The molecule has 9 heteroatoms. The van der Waals surface area contributed by atoms with Crippen LogP contribution in [-0.2, 0) is 46.2 Å². The maximum atomic E-state index is 12.1.